The summed E-state index contributed by atoms with van der Waals surface area (Å²) in [5.74, 6) is 1.64. The SMILES string of the molecule is CCCCNc1nc(N)nc2cnn(Cc3ccc(C(=O)N(C)CCCCN(C)C)cc3OC3CC3)c12. The molecule has 3 N–H and O–H groups in total. The molecule has 0 bridgehead atoms. The molecule has 1 aliphatic rings. The molecule has 0 radical (unpaired) electrons. The number of hydrogen-bond donors (Lipinski definition) is 2. The van der Waals surface area contributed by atoms with Gasteiger partial charge in [-0.2, -0.15) is 10.1 Å². The first kappa shape index (κ1) is 26.7. The molecular weight excluding hydrogens is 468 g/mol. The van der Waals surface area contributed by atoms with Gasteiger partial charge in [-0.1, -0.05) is 19.4 Å². The zero-order chi connectivity index (χ0) is 26.4. The quantitative estimate of drug-likeness (QED) is 0.317. The van der Waals surface area contributed by atoms with Crippen molar-refractivity contribution in [3.05, 3.63) is 35.5 Å². The maximum atomic E-state index is 13.1. The number of amides is 1. The van der Waals surface area contributed by atoms with Crippen LogP contribution in [0, 0.1) is 0 Å². The molecule has 0 aliphatic heterocycles. The van der Waals surface area contributed by atoms with Crippen molar-refractivity contribution in [1.29, 1.82) is 0 Å². The van der Waals surface area contributed by atoms with Crippen LogP contribution < -0.4 is 15.8 Å². The van der Waals surface area contributed by atoms with Gasteiger partial charge in [-0.25, -0.2) is 4.98 Å². The lowest BCUT2D eigenvalue weighted by Crippen LogP contribution is -2.28. The second-order valence-electron chi connectivity index (χ2n) is 10.1. The number of carbonyl (C=O) groups is 1. The van der Waals surface area contributed by atoms with Crippen LogP contribution in [-0.4, -0.2) is 82.3 Å². The largest absolute Gasteiger partial charge is 0.490 e. The van der Waals surface area contributed by atoms with Gasteiger partial charge in [0.15, 0.2) is 5.82 Å². The fraction of sp³-hybridized carbons (Fsp3) is 0.556. The number of ether oxygens (including phenoxy) is 1. The zero-order valence-corrected chi connectivity index (χ0v) is 22.5. The molecule has 1 aromatic carbocycles. The van der Waals surface area contributed by atoms with Gasteiger partial charge in [-0.15, -0.1) is 0 Å². The predicted molar refractivity (Wildman–Crippen MR) is 147 cm³/mol. The second-order valence-corrected chi connectivity index (χ2v) is 10.1. The zero-order valence-electron chi connectivity index (χ0n) is 22.5. The van der Waals surface area contributed by atoms with Crippen molar-refractivity contribution in [1.82, 2.24) is 29.5 Å². The highest BCUT2D eigenvalue weighted by molar-refractivity contribution is 5.94. The highest BCUT2D eigenvalue weighted by Crippen LogP contribution is 2.32. The molecule has 0 spiro atoms. The summed E-state index contributed by atoms with van der Waals surface area (Å²) in [6, 6.07) is 5.74. The first-order valence-electron chi connectivity index (χ1n) is 13.3. The van der Waals surface area contributed by atoms with E-state index < -0.39 is 0 Å². The van der Waals surface area contributed by atoms with Crippen molar-refractivity contribution in [3.8, 4) is 5.75 Å². The molecular formula is C27H40N8O2. The highest BCUT2D eigenvalue weighted by atomic mass is 16.5. The fourth-order valence-electron chi connectivity index (χ4n) is 4.20. The molecule has 37 heavy (non-hydrogen) atoms. The van der Waals surface area contributed by atoms with Crippen molar-refractivity contribution in [3.63, 3.8) is 0 Å². The number of nitrogens with one attached hydrogen (secondary N) is 1. The summed E-state index contributed by atoms with van der Waals surface area (Å²) in [7, 11) is 5.99. The van der Waals surface area contributed by atoms with E-state index in [0.717, 1.165) is 75.0 Å². The monoisotopic (exact) mass is 508 g/mol. The summed E-state index contributed by atoms with van der Waals surface area (Å²) in [6.07, 6.45) is 8.12. The normalized spacial score (nSPS) is 13.3. The third-order valence-corrected chi connectivity index (χ3v) is 6.48. The number of benzene rings is 1. The molecule has 1 aliphatic carbocycles. The van der Waals surface area contributed by atoms with E-state index in [2.05, 4.69) is 46.3 Å². The van der Waals surface area contributed by atoms with Crippen molar-refractivity contribution in [2.24, 2.45) is 0 Å². The molecule has 0 atom stereocenters. The molecule has 2 heterocycles. The topological polar surface area (TPSA) is 114 Å². The maximum Gasteiger partial charge on any atom is 0.253 e. The number of nitrogen functional groups attached to an aromatic ring is 1. The average Bonchev–Trinajstić information content (AvgIpc) is 3.60. The Morgan fingerprint density at radius 3 is 2.68 bits per heavy atom. The first-order chi connectivity index (χ1) is 17.9. The van der Waals surface area contributed by atoms with Crippen LogP contribution in [0.3, 0.4) is 0 Å². The lowest BCUT2D eigenvalue weighted by atomic mass is 10.1. The Labute approximate surface area is 219 Å². The number of unbranched alkanes of at least 4 members (excludes halogenated alkanes) is 2. The standard InChI is InChI=1S/C27H40N8O2/c1-5-6-13-29-25-24-22(31-27(28)32-25)17-30-35(24)18-20-10-9-19(16-23(20)37-21-11-12-21)26(36)34(4)15-8-7-14-33(2)3/h9-10,16-17,21H,5-8,11-15,18H2,1-4H3,(H3,28,29,31,32). The summed E-state index contributed by atoms with van der Waals surface area (Å²) >= 11 is 0. The number of aromatic nitrogens is 4. The molecule has 2 aromatic heterocycles. The van der Waals surface area contributed by atoms with E-state index in [9.17, 15) is 4.79 Å². The van der Waals surface area contributed by atoms with Crippen molar-refractivity contribution < 1.29 is 9.53 Å². The van der Waals surface area contributed by atoms with E-state index in [1.165, 1.54) is 0 Å². The smallest absolute Gasteiger partial charge is 0.253 e. The predicted octanol–water partition coefficient (Wildman–Crippen LogP) is 3.62. The van der Waals surface area contributed by atoms with E-state index >= 15 is 0 Å². The number of hydrogen-bond acceptors (Lipinski definition) is 8. The van der Waals surface area contributed by atoms with Gasteiger partial charge in [0.25, 0.3) is 5.91 Å². The number of fused-ring (bicyclic) bond motifs is 1. The van der Waals surface area contributed by atoms with Gasteiger partial charge in [0.1, 0.15) is 16.8 Å². The minimum absolute atomic E-state index is 0.00729. The Morgan fingerprint density at radius 2 is 1.95 bits per heavy atom. The third-order valence-electron chi connectivity index (χ3n) is 6.48. The Bertz CT molecular complexity index is 1200. The average molecular weight is 509 g/mol. The van der Waals surface area contributed by atoms with Crippen LogP contribution in [0.4, 0.5) is 11.8 Å². The van der Waals surface area contributed by atoms with Gasteiger partial charge in [-0.05, 0) is 64.9 Å². The molecule has 4 rings (SSSR count). The number of anilines is 2. The van der Waals surface area contributed by atoms with Crippen LogP contribution in [0.2, 0.25) is 0 Å². The summed E-state index contributed by atoms with van der Waals surface area (Å²) in [5, 5.41) is 7.97. The van der Waals surface area contributed by atoms with Crippen molar-refractivity contribution in [2.75, 3.05) is 51.8 Å². The summed E-state index contributed by atoms with van der Waals surface area (Å²) in [4.78, 5) is 25.9. The minimum Gasteiger partial charge on any atom is -0.490 e. The molecule has 10 nitrogen and oxygen atoms in total. The van der Waals surface area contributed by atoms with Crippen LogP contribution in [0.15, 0.2) is 24.4 Å². The molecule has 0 unspecified atom stereocenters. The maximum absolute atomic E-state index is 13.1. The third kappa shape index (κ3) is 7.09. The molecule has 3 aromatic rings. The Hall–Kier alpha value is -3.40. The number of rotatable bonds is 14. The van der Waals surface area contributed by atoms with Crippen LogP contribution in [0.5, 0.6) is 5.75 Å². The van der Waals surface area contributed by atoms with E-state index in [0.29, 0.717) is 23.4 Å². The Morgan fingerprint density at radius 1 is 1.16 bits per heavy atom. The molecule has 1 amide bonds. The van der Waals surface area contributed by atoms with Gasteiger partial charge in [-0.3, -0.25) is 9.48 Å². The molecule has 0 saturated heterocycles. The van der Waals surface area contributed by atoms with E-state index in [1.54, 1.807) is 11.1 Å². The lowest BCUT2D eigenvalue weighted by molar-refractivity contribution is 0.0791. The number of carbonyl (C=O) groups excluding carboxylic acids is 1. The summed E-state index contributed by atoms with van der Waals surface area (Å²) < 4.78 is 8.13. The van der Waals surface area contributed by atoms with Crippen LogP contribution in [-0.2, 0) is 6.54 Å². The van der Waals surface area contributed by atoms with Crippen LogP contribution in [0.1, 0.15) is 61.4 Å². The van der Waals surface area contributed by atoms with Crippen LogP contribution in [0.25, 0.3) is 11.0 Å². The van der Waals surface area contributed by atoms with Gasteiger partial charge >= 0.3 is 0 Å². The van der Waals surface area contributed by atoms with Crippen molar-refractivity contribution >= 4 is 28.7 Å². The minimum atomic E-state index is 0.00729. The van der Waals surface area contributed by atoms with Gasteiger partial charge < -0.3 is 25.6 Å². The summed E-state index contributed by atoms with van der Waals surface area (Å²) in [6.45, 7) is 5.16. The lowest BCUT2D eigenvalue weighted by Gasteiger charge is -2.19. The number of nitrogens with zero attached hydrogens (tertiary/aromatic N) is 6. The summed E-state index contributed by atoms with van der Waals surface area (Å²) in [5.41, 5.74) is 9.03. The Balaban J connectivity index is 1.55. The molecule has 1 fully saturated rings. The van der Waals surface area contributed by atoms with Gasteiger partial charge in [0.2, 0.25) is 5.95 Å². The van der Waals surface area contributed by atoms with Gasteiger partial charge in [0, 0.05) is 31.3 Å². The highest BCUT2D eigenvalue weighted by Gasteiger charge is 2.26. The fourth-order valence-corrected chi connectivity index (χ4v) is 4.20. The van der Waals surface area contributed by atoms with Crippen LogP contribution >= 0.6 is 0 Å². The number of nitrogens with two attached hydrogens (primary N) is 1. The second kappa shape index (κ2) is 12.2. The molecule has 10 heteroatoms. The Kier molecular flexibility index (Phi) is 8.81. The van der Waals surface area contributed by atoms with E-state index in [4.69, 9.17) is 10.5 Å². The van der Waals surface area contributed by atoms with E-state index in [1.807, 2.05) is 29.9 Å². The molecule has 1 saturated carbocycles. The van der Waals surface area contributed by atoms with E-state index in [-0.39, 0.29) is 18.0 Å². The van der Waals surface area contributed by atoms with Gasteiger partial charge in [0.05, 0.1) is 18.8 Å². The van der Waals surface area contributed by atoms with Crippen molar-refractivity contribution in [2.45, 2.75) is 58.1 Å². The molecule has 200 valence electrons. The first-order valence-corrected chi connectivity index (χ1v) is 13.3.